The van der Waals surface area contributed by atoms with E-state index in [-0.39, 0.29) is 30.7 Å². The number of halogens is 3. The zero-order valence-corrected chi connectivity index (χ0v) is 18.3. The number of primary amides is 1. The summed E-state index contributed by atoms with van der Waals surface area (Å²) in [5.74, 6) is -0.413. The van der Waals surface area contributed by atoms with E-state index in [4.69, 9.17) is 10.5 Å². The van der Waals surface area contributed by atoms with Gasteiger partial charge in [-0.3, -0.25) is 9.48 Å². The van der Waals surface area contributed by atoms with Crippen LogP contribution in [-0.4, -0.2) is 46.2 Å². The Morgan fingerprint density at radius 2 is 2.00 bits per heavy atom. The molecule has 4 rings (SSSR count). The number of hydrogen-bond donors (Lipinski definition) is 2. The van der Waals surface area contributed by atoms with Crippen LogP contribution in [0.5, 0.6) is 5.75 Å². The van der Waals surface area contributed by atoms with Crippen LogP contribution in [-0.2, 0) is 4.79 Å². The molecule has 1 aliphatic carbocycles. The van der Waals surface area contributed by atoms with Crippen LogP contribution in [0, 0.1) is 5.92 Å². The summed E-state index contributed by atoms with van der Waals surface area (Å²) < 4.78 is 49.2. The van der Waals surface area contributed by atoms with Gasteiger partial charge in [0.05, 0.1) is 23.9 Å². The summed E-state index contributed by atoms with van der Waals surface area (Å²) in [6.45, 7) is 2.13. The van der Waals surface area contributed by atoms with Crippen LogP contribution in [0.4, 0.5) is 18.9 Å². The summed E-state index contributed by atoms with van der Waals surface area (Å²) in [7, 11) is 0. The Labute approximate surface area is 189 Å². The standard InChI is InChI=1S/C23H27F3N4O3/c1-2-33-20-11-17-15(12-29(28-17)16-8-6-14(13-31)7-9-16)10-19(20)30-18(22(27)32)4-3-5-21(30)23(24,25)26/h3-5,10-12,14,16,18,31H,2,6-9,13H2,1H3,(H2,27,32). The van der Waals surface area contributed by atoms with Gasteiger partial charge in [0.1, 0.15) is 17.5 Å². The van der Waals surface area contributed by atoms with Crippen molar-refractivity contribution in [2.45, 2.75) is 50.9 Å². The number of allylic oxidation sites excluding steroid dienone is 3. The summed E-state index contributed by atoms with van der Waals surface area (Å²) in [6.07, 6.45) is 4.08. The highest BCUT2D eigenvalue weighted by atomic mass is 19.4. The molecule has 0 bridgehead atoms. The molecule has 0 radical (unpaired) electrons. The van der Waals surface area contributed by atoms with Crippen LogP contribution in [0.1, 0.15) is 38.6 Å². The van der Waals surface area contributed by atoms with Gasteiger partial charge in [0.25, 0.3) is 0 Å². The van der Waals surface area contributed by atoms with E-state index >= 15 is 0 Å². The van der Waals surface area contributed by atoms with Gasteiger partial charge in [-0.05, 0) is 50.7 Å². The van der Waals surface area contributed by atoms with Crippen molar-refractivity contribution in [3.63, 3.8) is 0 Å². The summed E-state index contributed by atoms with van der Waals surface area (Å²) in [4.78, 5) is 13.0. The van der Waals surface area contributed by atoms with Gasteiger partial charge in [-0.25, -0.2) is 0 Å². The minimum Gasteiger partial charge on any atom is -0.492 e. The van der Waals surface area contributed by atoms with Gasteiger partial charge in [0.2, 0.25) is 5.91 Å². The molecule has 1 aliphatic heterocycles. The Balaban J connectivity index is 1.78. The number of alkyl halides is 3. The van der Waals surface area contributed by atoms with E-state index in [0.717, 1.165) is 36.7 Å². The molecule has 1 atom stereocenters. The number of aliphatic hydroxyl groups excluding tert-OH is 1. The number of aromatic nitrogens is 2. The zero-order valence-electron chi connectivity index (χ0n) is 18.3. The highest BCUT2D eigenvalue weighted by molar-refractivity contribution is 5.92. The third kappa shape index (κ3) is 4.57. The van der Waals surface area contributed by atoms with Crippen LogP contribution < -0.4 is 15.4 Å². The maximum absolute atomic E-state index is 13.9. The second kappa shape index (κ2) is 9.09. The number of nitrogens with two attached hydrogens (primary N) is 1. The average Bonchev–Trinajstić information content (AvgIpc) is 3.20. The lowest BCUT2D eigenvalue weighted by molar-refractivity contribution is -0.119. The van der Waals surface area contributed by atoms with E-state index in [9.17, 15) is 23.1 Å². The van der Waals surface area contributed by atoms with Gasteiger partial charge in [-0.2, -0.15) is 18.3 Å². The number of ether oxygens (including phenoxy) is 1. The molecule has 1 aromatic heterocycles. The zero-order chi connectivity index (χ0) is 23.8. The van der Waals surface area contributed by atoms with Gasteiger partial charge in [0, 0.05) is 24.3 Å². The van der Waals surface area contributed by atoms with Gasteiger partial charge in [-0.1, -0.05) is 12.2 Å². The van der Waals surface area contributed by atoms with Crippen molar-refractivity contribution in [1.29, 1.82) is 0 Å². The lowest BCUT2D eigenvalue weighted by Crippen LogP contribution is -2.47. The van der Waals surface area contributed by atoms with Crippen molar-refractivity contribution >= 4 is 22.5 Å². The number of carbonyl (C=O) groups excluding carboxylic acids is 1. The number of anilines is 1. The largest absolute Gasteiger partial charge is 0.492 e. The van der Waals surface area contributed by atoms with Crippen molar-refractivity contribution in [1.82, 2.24) is 9.78 Å². The minimum absolute atomic E-state index is 0.101. The highest BCUT2D eigenvalue weighted by Gasteiger charge is 2.43. The molecular weight excluding hydrogens is 437 g/mol. The van der Waals surface area contributed by atoms with Crippen LogP contribution in [0.15, 0.2) is 42.3 Å². The summed E-state index contributed by atoms with van der Waals surface area (Å²) >= 11 is 0. The minimum atomic E-state index is -4.70. The van der Waals surface area contributed by atoms with Crippen LogP contribution >= 0.6 is 0 Å². The van der Waals surface area contributed by atoms with Gasteiger partial charge in [-0.15, -0.1) is 0 Å². The normalized spacial score (nSPS) is 23.6. The van der Waals surface area contributed by atoms with E-state index in [0.29, 0.717) is 16.8 Å². The fraction of sp³-hybridized carbons (Fsp3) is 0.478. The predicted molar refractivity (Wildman–Crippen MR) is 118 cm³/mol. The smallest absolute Gasteiger partial charge is 0.431 e. The lowest BCUT2D eigenvalue weighted by atomic mass is 9.87. The maximum Gasteiger partial charge on any atom is 0.431 e. The molecule has 1 fully saturated rings. The van der Waals surface area contributed by atoms with Gasteiger partial charge >= 0.3 is 6.18 Å². The number of aliphatic hydroxyl groups is 1. The quantitative estimate of drug-likeness (QED) is 0.678. The Morgan fingerprint density at radius 3 is 2.61 bits per heavy atom. The monoisotopic (exact) mass is 464 g/mol. The van der Waals surface area contributed by atoms with Gasteiger partial charge < -0.3 is 20.5 Å². The van der Waals surface area contributed by atoms with Crippen LogP contribution in [0.3, 0.4) is 0 Å². The van der Waals surface area contributed by atoms with Crippen LogP contribution in [0.25, 0.3) is 10.9 Å². The first-order valence-electron chi connectivity index (χ1n) is 11.0. The van der Waals surface area contributed by atoms with E-state index < -0.39 is 23.8 Å². The Bertz CT molecular complexity index is 1080. The second-order valence-corrected chi connectivity index (χ2v) is 8.43. The molecule has 178 valence electrons. The van der Waals surface area contributed by atoms with E-state index in [1.54, 1.807) is 19.1 Å². The topological polar surface area (TPSA) is 93.6 Å². The third-order valence-electron chi connectivity index (χ3n) is 6.28. The first-order chi connectivity index (χ1) is 15.7. The first kappa shape index (κ1) is 23.2. The van der Waals surface area contributed by atoms with E-state index in [1.165, 1.54) is 12.2 Å². The molecule has 1 unspecified atom stereocenters. The number of fused-ring (bicyclic) bond motifs is 1. The molecule has 1 aromatic carbocycles. The maximum atomic E-state index is 13.9. The number of benzene rings is 1. The summed E-state index contributed by atoms with van der Waals surface area (Å²) in [5.41, 5.74) is 5.15. The molecule has 3 N–H and O–H groups in total. The predicted octanol–water partition coefficient (Wildman–Crippen LogP) is 3.83. The number of rotatable bonds is 6. The molecule has 2 aliphatic rings. The number of hydrogen-bond acceptors (Lipinski definition) is 5. The van der Waals surface area contributed by atoms with E-state index in [2.05, 4.69) is 5.10 Å². The SMILES string of the molecule is CCOc1cc2nn(C3CCC(CO)CC3)cc2cc1N1C(C(F)(F)F)=CC=CC1C(N)=O. The Morgan fingerprint density at radius 1 is 1.27 bits per heavy atom. The third-order valence-corrected chi connectivity index (χ3v) is 6.28. The molecule has 2 heterocycles. The summed E-state index contributed by atoms with van der Waals surface area (Å²) in [6, 6.07) is 2.01. The van der Waals surface area contributed by atoms with Crippen molar-refractivity contribution in [2.24, 2.45) is 11.7 Å². The van der Waals surface area contributed by atoms with Crippen molar-refractivity contribution in [3.8, 4) is 5.75 Å². The second-order valence-electron chi connectivity index (χ2n) is 8.43. The molecule has 10 heteroatoms. The van der Waals surface area contributed by atoms with Crippen LogP contribution in [0.2, 0.25) is 0 Å². The number of amides is 1. The fourth-order valence-corrected chi connectivity index (χ4v) is 4.60. The van der Waals surface area contributed by atoms with Crippen molar-refractivity contribution in [3.05, 3.63) is 42.3 Å². The lowest BCUT2D eigenvalue weighted by Gasteiger charge is -2.35. The van der Waals surface area contributed by atoms with Crippen molar-refractivity contribution in [2.75, 3.05) is 18.1 Å². The molecule has 0 saturated heterocycles. The highest BCUT2D eigenvalue weighted by Crippen LogP contribution is 2.42. The Hall–Kier alpha value is -3.01. The first-order valence-corrected chi connectivity index (χ1v) is 11.0. The fourth-order valence-electron chi connectivity index (χ4n) is 4.60. The molecule has 7 nitrogen and oxygen atoms in total. The molecule has 1 saturated carbocycles. The Kier molecular flexibility index (Phi) is 6.38. The molecule has 1 amide bonds. The van der Waals surface area contributed by atoms with Crippen molar-refractivity contribution < 1.29 is 27.8 Å². The van der Waals surface area contributed by atoms with Gasteiger partial charge in [0.15, 0.2) is 0 Å². The average molecular weight is 464 g/mol. The van der Waals surface area contributed by atoms with E-state index in [1.807, 2.05) is 10.9 Å². The molecular formula is C23H27F3N4O3. The molecule has 0 spiro atoms. The number of nitrogens with zero attached hydrogens (tertiary/aromatic N) is 3. The molecule has 2 aromatic rings. The molecule has 33 heavy (non-hydrogen) atoms. The number of carbonyl (C=O) groups is 1. The summed E-state index contributed by atoms with van der Waals surface area (Å²) in [5, 5.41) is 14.7.